The summed E-state index contributed by atoms with van der Waals surface area (Å²) < 4.78 is 5.30. The number of urea groups is 1. The first-order valence-electron chi connectivity index (χ1n) is 7.84. The van der Waals surface area contributed by atoms with Crippen LogP contribution in [0.1, 0.15) is 37.7 Å². The molecule has 0 aromatic carbocycles. The van der Waals surface area contributed by atoms with E-state index in [9.17, 15) is 4.79 Å². The third-order valence-electron chi connectivity index (χ3n) is 3.99. The van der Waals surface area contributed by atoms with Crippen molar-refractivity contribution in [3.8, 4) is 11.5 Å². The van der Waals surface area contributed by atoms with Crippen LogP contribution in [0.25, 0.3) is 11.5 Å². The highest BCUT2D eigenvalue weighted by atomic mass is 16.3. The highest BCUT2D eigenvalue weighted by Crippen LogP contribution is 2.18. The summed E-state index contributed by atoms with van der Waals surface area (Å²) in [4.78, 5) is 16.2. The number of hydrogen-bond donors (Lipinski definition) is 2. The van der Waals surface area contributed by atoms with Gasteiger partial charge in [-0.3, -0.25) is 4.98 Å². The molecule has 2 aromatic rings. The Balaban J connectivity index is 1.47. The Labute approximate surface area is 130 Å². The molecule has 2 heterocycles. The van der Waals surface area contributed by atoms with E-state index in [4.69, 9.17) is 4.42 Å². The Hall–Kier alpha value is -2.30. The van der Waals surface area contributed by atoms with Crippen LogP contribution in [-0.4, -0.2) is 17.1 Å². The second kappa shape index (κ2) is 7.11. The Morgan fingerprint density at radius 1 is 1.23 bits per heavy atom. The van der Waals surface area contributed by atoms with Crippen molar-refractivity contribution in [3.05, 3.63) is 42.3 Å². The van der Waals surface area contributed by atoms with Crippen LogP contribution in [0, 0.1) is 0 Å². The smallest absolute Gasteiger partial charge is 0.315 e. The van der Waals surface area contributed by atoms with E-state index < -0.39 is 0 Å². The summed E-state index contributed by atoms with van der Waals surface area (Å²) in [7, 11) is 0. The third-order valence-corrected chi connectivity index (χ3v) is 3.99. The fourth-order valence-electron chi connectivity index (χ4n) is 2.76. The van der Waals surface area contributed by atoms with Crippen molar-refractivity contribution in [3.63, 3.8) is 0 Å². The average molecular weight is 299 g/mol. The number of furan rings is 1. The van der Waals surface area contributed by atoms with Gasteiger partial charge >= 0.3 is 6.03 Å². The monoisotopic (exact) mass is 299 g/mol. The molecule has 0 unspecified atom stereocenters. The maximum absolute atomic E-state index is 11.9. The second-order valence-electron chi connectivity index (χ2n) is 5.69. The molecule has 0 radical (unpaired) electrons. The van der Waals surface area contributed by atoms with Crippen LogP contribution in [-0.2, 0) is 6.54 Å². The van der Waals surface area contributed by atoms with Crippen LogP contribution < -0.4 is 10.6 Å². The van der Waals surface area contributed by atoms with Crippen LogP contribution in [0.2, 0.25) is 0 Å². The number of nitrogens with one attached hydrogen (secondary N) is 2. The molecule has 0 saturated heterocycles. The first-order chi connectivity index (χ1) is 10.8. The largest absolute Gasteiger partial charge is 0.463 e. The topological polar surface area (TPSA) is 67.2 Å². The van der Waals surface area contributed by atoms with Gasteiger partial charge in [0.15, 0.2) is 5.76 Å². The zero-order valence-corrected chi connectivity index (χ0v) is 12.5. The van der Waals surface area contributed by atoms with E-state index >= 15 is 0 Å². The van der Waals surface area contributed by atoms with Gasteiger partial charge in [-0.05, 0) is 36.6 Å². The molecule has 5 heteroatoms. The van der Waals surface area contributed by atoms with Crippen LogP contribution in [0.15, 0.2) is 41.1 Å². The van der Waals surface area contributed by atoms with Crippen LogP contribution in [0.3, 0.4) is 0 Å². The lowest BCUT2D eigenvalue weighted by atomic mass is 9.96. The van der Waals surface area contributed by atoms with E-state index in [1.165, 1.54) is 19.3 Å². The van der Waals surface area contributed by atoms with Gasteiger partial charge in [-0.15, -0.1) is 0 Å². The molecule has 0 spiro atoms. The molecule has 2 aromatic heterocycles. The number of hydrogen-bond acceptors (Lipinski definition) is 3. The molecule has 0 aliphatic heterocycles. The van der Waals surface area contributed by atoms with Gasteiger partial charge in [-0.25, -0.2) is 4.79 Å². The number of pyridine rings is 1. The van der Waals surface area contributed by atoms with Gasteiger partial charge in [0.05, 0.1) is 6.26 Å². The van der Waals surface area contributed by atoms with Crippen molar-refractivity contribution in [2.45, 2.75) is 44.7 Å². The fourth-order valence-corrected chi connectivity index (χ4v) is 2.76. The summed E-state index contributed by atoms with van der Waals surface area (Å²) >= 11 is 0. The lowest BCUT2D eigenvalue weighted by Gasteiger charge is -2.22. The predicted octanol–water partition coefficient (Wildman–Crippen LogP) is 3.47. The molecular formula is C17H21N3O2. The van der Waals surface area contributed by atoms with E-state index in [0.29, 0.717) is 12.6 Å². The number of aromatic nitrogens is 1. The van der Waals surface area contributed by atoms with Gasteiger partial charge < -0.3 is 15.1 Å². The molecule has 0 atom stereocenters. The molecule has 2 N–H and O–H groups in total. The first-order valence-corrected chi connectivity index (χ1v) is 7.84. The molecule has 5 nitrogen and oxygen atoms in total. The minimum Gasteiger partial charge on any atom is -0.463 e. The Bertz CT molecular complexity index is 587. The summed E-state index contributed by atoms with van der Waals surface area (Å²) in [5.74, 6) is 0.745. The van der Waals surface area contributed by atoms with E-state index in [1.54, 1.807) is 12.5 Å². The van der Waals surface area contributed by atoms with Crippen LogP contribution in [0.4, 0.5) is 4.79 Å². The van der Waals surface area contributed by atoms with Crippen LogP contribution in [0.5, 0.6) is 0 Å². The van der Waals surface area contributed by atoms with E-state index in [2.05, 4.69) is 15.6 Å². The Morgan fingerprint density at radius 2 is 2.09 bits per heavy atom. The lowest BCUT2D eigenvalue weighted by Crippen LogP contribution is -2.42. The average Bonchev–Trinajstić information content (AvgIpc) is 3.09. The van der Waals surface area contributed by atoms with Gasteiger partial charge in [0.25, 0.3) is 0 Å². The zero-order valence-electron chi connectivity index (χ0n) is 12.5. The van der Waals surface area contributed by atoms with Crippen molar-refractivity contribution in [1.82, 2.24) is 15.6 Å². The maximum Gasteiger partial charge on any atom is 0.315 e. The maximum atomic E-state index is 11.9. The van der Waals surface area contributed by atoms with Gasteiger partial charge in [-0.2, -0.15) is 0 Å². The predicted molar refractivity (Wildman–Crippen MR) is 84.2 cm³/mol. The number of amides is 2. The molecule has 1 fully saturated rings. The van der Waals surface area contributed by atoms with Gasteiger partial charge in [0.1, 0.15) is 5.69 Å². The Morgan fingerprint density at radius 3 is 2.77 bits per heavy atom. The summed E-state index contributed by atoms with van der Waals surface area (Å²) in [5.41, 5.74) is 1.76. The van der Waals surface area contributed by atoms with Gasteiger partial charge in [-0.1, -0.05) is 25.3 Å². The molecule has 1 saturated carbocycles. The number of carbonyl (C=O) groups is 1. The molecular weight excluding hydrogens is 278 g/mol. The lowest BCUT2D eigenvalue weighted by molar-refractivity contribution is 0.232. The molecule has 2 amide bonds. The standard InChI is InChI=1S/C17H21N3O2/c21-17(20-14-5-2-1-3-6-14)19-12-13-8-9-15(18-11-13)16-7-4-10-22-16/h4,7-11,14H,1-3,5-6,12H2,(H2,19,20,21). The summed E-state index contributed by atoms with van der Waals surface area (Å²) in [6.07, 6.45) is 9.28. The number of rotatable bonds is 4. The normalized spacial score (nSPS) is 15.5. The highest BCUT2D eigenvalue weighted by molar-refractivity contribution is 5.74. The van der Waals surface area contributed by atoms with Crippen molar-refractivity contribution in [2.24, 2.45) is 0 Å². The van der Waals surface area contributed by atoms with E-state index in [0.717, 1.165) is 29.9 Å². The second-order valence-corrected chi connectivity index (χ2v) is 5.69. The van der Waals surface area contributed by atoms with E-state index in [-0.39, 0.29) is 6.03 Å². The van der Waals surface area contributed by atoms with E-state index in [1.807, 2.05) is 24.3 Å². The number of carbonyl (C=O) groups excluding carboxylic acids is 1. The molecule has 1 aliphatic rings. The molecule has 22 heavy (non-hydrogen) atoms. The first kappa shape index (κ1) is 14.6. The number of nitrogens with zero attached hydrogens (tertiary/aromatic N) is 1. The Kier molecular flexibility index (Phi) is 4.73. The third kappa shape index (κ3) is 3.87. The summed E-state index contributed by atoms with van der Waals surface area (Å²) in [6, 6.07) is 7.79. The molecule has 1 aliphatic carbocycles. The van der Waals surface area contributed by atoms with Crippen molar-refractivity contribution in [2.75, 3.05) is 0 Å². The molecule has 0 bridgehead atoms. The molecule has 3 rings (SSSR count). The summed E-state index contributed by atoms with van der Waals surface area (Å²) in [6.45, 7) is 0.476. The highest BCUT2D eigenvalue weighted by Gasteiger charge is 2.15. The van der Waals surface area contributed by atoms with Gasteiger partial charge in [0.2, 0.25) is 0 Å². The van der Waals surface area contributed by atoms with Crippen molar-refractivity contribution >= 4 is 6.03 Å². The van der Waals surface area contributed by atoms with Crippen molar-refractivity contribution < 1.29 is 9.21 Å². The van der Waals surface area contributed by atoms with Gasteiger partial charge in [0, 0.05) is 18.8 Å². The summed E-state index contributed by atoms with van der Waals surface area (Å²) in [5, 5.41) is 5.92. The van der Waals surface area contributed by atoms with Crippen molar-refractivity contribution in [1.29, 1.82) is 0 Å². The van der Waals surface area contributed by atoms with Crippen LogP contribution >= 0.6 is 0 Å². The zero-order chi connectivity index (χ0) is 15.2. The molecule has 116 valence electrons. The minimum absolute atomic E-state index is 0.0954. The quantitative estimate of drug-likeness (QED) is 0.908. The minimum atomic E-state index is -0.0954. The SMILES string of the molecule is O=C(NCc1ccc(-c2ccco2)nc1)NC1CCCCC1. The fraction of sp³-hybridized carbons (Fsp3) is 0.412.